The van der Waals surface area contributed by atoms with Crippen molar-refractivity contribution in [2.45, 2.75) is 19.4 Å². The van der Waals surface area contributed by atoms with Crippen molar-refractivity contribution < 1.29 is 23.1 Å². The molecule has 0 saturated carbocycles. The zero-order valence-electron chi connectivity index (χ0n) is 16.3. The van der Waals surface area contributed by atoms with Crippen LogP contribution in [0.25, 0.3) is 0 Å². The molecular formula is C23H20FNO5. The fraction of sp³-hybridized carbons (Fsp3) is 0.217. The number of hydrogen-bond donors (Lipinski definition) is 0. The van der Waals surface area contributed by atoms with E-state index in [0.717, 1.165) is 0 Å². The Kier molecular flexibility index (Phi) is 5.52. The summed E-state index contributed by atoms with van der Waals surface area (Å²) >= 11 is 0. The average Bonchev–Trinajstić information content (AvgIpc) is 3.17. The van der Waals surface area contributed by atoms with Crippen LogP contribution in [0, 0.1) is 12.7 Å². The number of hydrogen-bond acceptors (Lipinski definition) is 5. The highest BCUT2D eigenvalue weighted by Gasteiger charge is 2.28. The third kappa shape index (κ3) is 4.68. The van der Waals surface area contributed by atoms with E-state index >= 15 is 0 Å². The van der Waals surface area contributed by atoms with Gasteiger partial charge >= 0.3 is 5.63 Å². The fourth-order valence-corrected chi connectivity index (χ4v) is 3.36. The summed E-state index contributed by atoms with van der Waals surface area (Å²) in [4.78, 5) is 26.1. The molecule has 1 fully saturated rings. The zero-order chi connectivity index (χ0) is 21.1. The van der Waals surface area contributed by atoms with Crippen LogP contribution in [0.2, 0.25) is 0 Å². The number of rotatable bonds is 5. The minimum Gasteiger partial charge on any atom is -0.488 e. The predicted octanol–water partition coefficient (Wildman–Crippen LogP) is 4.17. The molecule has 1 amide bonds. The number of nitrogens with zero attached hydrogens (tertiary/aromatic N) is 1. The van der Waals surface area contributed by atoms with Crippen molar-refractivity contribution in [1.29, 1.82) is 0 Å². The van der Waals surface area contributed by atoms with Crippen LogP contribution in [0.1, 0.15) is 22.5 Å². The third-order valence-corrected chi connectivity index (χ3v) is 4.73. The lowest BCUT2D eigenvalue weighted by Gasteiger charge is -2.18. The number of carbonyl (C=O) groups is 1. The van der Waals surface area contributed by atoms with Gasteiger partial charge in [0.1, 0.15) is 34.9 Å². The van der Waals surface area contributed by atoms with E-state index in [0.29, 0.717) is 48.1 Å². The molecule has 7 heteroatoms. The fourth-order valence-electron chi connectivity index (χ4n) is 3.36. The van der Waals surface area contributed by atoms with Crippen LogP contribution in [-0.4, -0.2) is 30.0 Å². The lowest BCUT2D eigenvalue weighted by molar-refractivity contribution is 0.0772. The smallest absolute Gasteiger partial charge is 0.339 e. The molecular weight excluding hydrogens is 389 g/mol. The minimum absolute atomic E-state index is 0.130. The number of ether oxygens (including phenoxy) is 2. The minimum atomic E-state index is -0.464. The van der Waals surface area contributed by atoms with E-state index in [-0.39, 0.29) is 17.8 Å². The van der Waals surface area contributed by atoms with E-state index in [1.807, 2.05) is 0 Å². The van der Waals surface area contributed by atoms with Crippen LogP contribution in [0.15, 0.2) is 69.9 Å². The van der Waals surface area contributed by atoms with E-state index in [4.69, 9.17) is 13.9 Å². The zero-order valence-corrected chi connectivity index (χ0v) is 16.3. The normalized spacial score (nSPS) is 15.8. The molecule has 1 atom stereocenters. The Morgan fingerprint density at radius 2 is 1.87 bits per heavy atom. The van der Waals surface area contributed by atoms with Gasteiger partial charge < -0.3 is 18.8 Å². The summed E-state index contributed by atoms with van der Waals surface area (Å²) in [6.07, 6.45) is 0.463. The standard InChI is InChI=1S/C23H20FNO5/c1-15-11-21(13-22(26)28-15)30-20-9-10-25(14-20)23(27)16-3-2-4-19(12-16)29-18-7-5-17(24)6-8-18/h2-8,11-13,20H,9-10,14H2,1H3. The molecule has 0 N–H and O–H groups in total. The Bertz CT molecular complexity index is 1110. The molecule has 2 heterocycles. The first-order valence-corrected chi connectivity index (χ1v) is 9.57. The topological polar surface area (TPSA) is 69.0 Å². The first kappa shape index (κ1) is 19.7. The van der Waals surface area contributed by atoms with Gasteiger partial charge in [-0.2, -0.15) is 0 Å². The van der Waals surface area contributed by atoms with Crippen molar-refractivity contribution in [3.63, 3.8) is 0 Å². The van der Waals surface area contributed by atoms with Gasteiger partial charge in [-0.05, 0) is 49.4 Å². The molecule has 6 nitrogen and oxygen atoms in total. The molecule has 2 aromatic carbocycles. The van der Waals surface area contributed by atoms with Crippen molar-refractivity contribution in [3.05, 3.63) is 88.2 Å². The molecule has 0 bridgehead atoms. The summed E-state index contributed by atoms with van der Waals surface area (Å²) < 4.78 is 29.5. The van der Waals surface area contributed by atoms with Gasteiger partial charge in [0.05, 0.1) is 12.6 Å². The summed E-state index contributed by atoms with van der Waals surface area (Å²) in [6.45, 7) is 2.65. The van der Waals surface area contributed by atoms with Gasteiger partial charge in [-0.25, -0.2) is 9.18 Å². The van der Waals surface area contributed by atoms with Crippen molar-refractivity contribution in [2.24, 2.45) is 0 Å². The van der Waals surface area contributed by atoms with Crippen LogP contribution in [0.4, 0.5) is 4.39 Å². The number of halogens is 1. The van der Waals surface area contributed by atoms with Crippen LogP contribution in [-0.2, 0) is 0 Å². The summed E-state index contributed by atoms with van der Waals surface area (Å²) in [5, 5.41) is 0. The van der Waals surface area contributed by atoms with Crippen LogP contribution >= 0.6 is 0 Å². The van der Waals surface area contributed by atoms with Gasteiger partial charge in [-0.1, -0.05) is 6.07 Å². The van der Waals surface area contributed by atoms with Crippen molar-refractivity contribution in [3.8, 4) is 17.2 Å². The molecule has 4 rings (SSSR count). The molecule has 1 aromatic heterocycles. The van der Waals surface area contributed by atoms with Gasteiger partial charge in [0, 0.05) is 24.6 Å². The maximum Gasteiger partial charge on any atom is 0.339 e. The maximum absolute atomic E-state index is 13.0. The average molecular weight is 409 g/mol. The molecule has 1 saturated heterocycles. The summed E-state index contributed by atoms with van der Waals surface area (Å²) in [5.74, 6) is 1.42. The van der Waals surface area contributed by atoms with E-state index in [9.17, 15) is 14.0 Å². The Hall–Kier alpha value is -3.61. The molecule has 3 aromatic rings. The quantitative estimate of drug-likeness (QED) is 0.633. The second-order valence-electron chi connectivity index (χ2n) is 7.09. The molecule has 1 aliphatic heterocycles. The Balaban J connectivity index is 1.41. The molecule has 1 unspecified atom stereocenters. The second-order valence-corrected chi connectivity index (χ2v) is 7.09. The van der Waals surface area contributed by atoms with Crippen molar-refractivity contribution in [2.75, 3.05) is 13.1 Å². The second kappa shape index (κ2) is 8.41. The highest BCUT2D eigenvalue weighted by Crippen LogP contribution is 2.24. The lowest BCUT2D eigenvalue weighted by atomic mass is 10.2. The first-order chi connectivity index (χ1) is 14.5. The monoisotopic (exact) mass is 409 g/mol. The highest BCUT2D eigenvalue weighted by atomic mass is 19.1. The van der Waals surface area contributed by atoms with Crippen LogP contribution in [0.5, 0.6) is 17.2 Å². The van der Waals surface area contributed by atoms with Gasteiger partial charge in [0.25, 0.3) is 5.91 Å². The van der Waals surface area contributed by atoms with Crippen LogP contribution in [0.3, 0.4) is 0 Å². The van der Waals surface area contributed by atoms with Crippen molar-refractivity contribution in [1.82, 2.24) is 4.90 Å². The largest absolute Gasteiger partial charge is 0.488 e. The SMILES string of the molecule is Cc1cc(OC2CCN(C(=O)c3cccc(Oc4ccc(F)cc4)c3)C2)cc(=O)o1. The highest BCUT2D eigenvalue weighted by molar-refractivity contribution is 5.94. The van der Waals surface area contributed by atoms with Crippen molar-refractivity contribution >= 4 is 5.91 Å². The Labute approximate surface area is 172 Å². The van der Waals surface area contributed by atoms with Gasteiger partial charge in [0.2, 0.25) is 0 Å². The summed E-state index contributed by atoms with van der Waals surface area (Å²) in [6, 6.07) is 15.5. The summed E-state index contributed by atoms with van der Waals surface area (Å²) in [7, 11) is 0. The molecule has 30 heavy (non-hydrogen) atoms. The van der Waals surface area contributed by atoms with Crippen LogP contribution < -0.4 is 15.1 Å². The number of amides is 1. The molecule has 1 aliphatic rings. The van der Waals surface area contributed by atoms with Gasteiger partial charge in [0.15, 0.2) is 0 Å². The van der Waals surface area contributed by atoms with E-state index < -0.39 is 5.63 Å². The van der Waals surface area contributed by atoms with E-state index in [2.05, 4.69) is 0 Å². The predicted molar refractivity (Wildman–Crippen MR) is 108 cm³/mol. The summed E-state index contributed by atoms with van der Waals surface area (Å²) in [5.41, 5.74) is 0.0281. The molecule has 154 valence electrons. The molecule has 0 spiro atoms. The molecule has 0 radical (unpaired) electrons. The number of carbonyl (C=O) groups excluding carboxylic acids is 1. The number of aryl methyl sites for hydroxylation is 1. The van der Waals surface area contributed by atoms with E-state index in [1.165, 1.54) is 30.3 Å². The third-order valence-electron chi connectivity index (χ3n) is 4.73. The Morgan fingerprint density at radius 1 is 1.07 bits per heavy atom. The number of benzene rings is 2. The van der Waals surface area contributed by atoms with Gasteiger partial charge in [-0.3, -0.25) is 4.79 Å². The van der Waals surface area contributed by atoms with Gasteiger partial charge in [-0.15, -0.1) is 0 Å². The number of likely N-dealkylation sites (tertiary alicyclic amines) is 1. The Morgan fingerprint density at radius 3 is 2.63 bits per heavy atom. The molecule has 0 aliphatic carbocycles. The first-order valence-electron chi connectivity index (χ1n) is 9.57. The van der Waals surface area contributed by atoms with E-state index in [1.54, 1.807) is 42.2 Å². The maximum atomic E-state index is 13.0. The lowest BCUT2D eigenvalue weighted by Crippen LogP contribution is -2.31.